The van der Waals surface area contributed by atoms with Crippen LogP contribution in [0.25, 0.3) is 0 Å². The minimum absolute atomic E-state index is 0. The Morgan fingerprint density at radius 1 is 1.50 bits per heavy atom. The summed E-state index contributed by atoms with van der Waals surface area (Å²) in [6.45, 7) is 11.4. The van der Waals surface area contributed by atoms with Gasteiger partial charge in [0.05, 0.1) is 24.6 Å². The fourth-order valence-electron chi connectivity index (χ4n) is 3.04. The molecule has 6 nitrogen and oxygen atoms in total. The van der Waals surface area contributed by atoms with Crippen LogP contribution in [0.3, 0.4) is 0 Å². The van der Waals surface area contributed by atoms with Crippen molar-refractivity contribution in [2.75, 3.05) is 26.7 Å². The highest BCUT2D eigenvalue weighted by molar-refractivity contribution is 14.0. The molecule has 1 aliphatic heterocycles. The number of halogens is 1. The Kier molecular flexibility index (Phi) is 9.84. The number of thiazole rings is 1. The van der Waals surface area contributed by atoms with E-state index in [1.807, 2.05) is 6.20 Å². The fraction of sp³-hybridized carbons (Fsp3) is 0.722. The SMILES string of the molecule is CCNC(=NCc1cnc(CC(C)C)s1)N1CC(C)C(C(=O)OC)C1.I. The number of aromatic nitrogens is 1. The minimum Gasteiger partial charge on any atom is -0.469 e. The predicted octanol–water partition coefficient (Wildman–Crippen LogP) is 3.17. The molecule has 26 heavy (non-hydrogen) atoms. The first-order valence-corrected chi connectivity index (χ1v) is 9.80. The van der Waals surface area contributed by atoms with Crippen LogP contribution in [0.1, 0.15) is 37.6 Å². The molecular weight excluding hydrogens is 463 g/mol. The molecule has 0 saturated carbocycles. The number of nitrogens with zero attached hydrogens (tertiary/aromatic N) is 3. The van der Waals surface area contributed by atoms with Crippen LogP contribution in [-0.2, 0) is 22.5 Å². The number of aliphatic imine (C=N–C) groups is 1. The Morgan fingerprint density at radius 2 is 2.23 bits per heavy atom. The van der Waals surface area contributed by atoms with Gasteiger partial charge in [0.15, 0.2) is 5.96 Å². The maximum absolute atomic E-state index is 11.9. The third-order valence-corrected chi connectivity index (χ3v) is 5.32. The number of guanidine groups is 1. The summed E-state index contributed by atoms with van der Waals surface area (Å²) in [7, 11) is 1.45. The molecule has 1 aromatic heterocycles. The van der Waals surface area contributed by atoms with Crippen LogP contribution in [0.5, 0.6) is 0 Å². The van der Waals surface area contributed by atoms with Crippen molar-refractivity contribution in [3.63, 3.8) is 0 Å². The van der Waals surface area contributed by atoms with Gasteiger partial charge in [-0.3, -0.25) is 4.79 Å². The van der Waals surface area contributed by atoms with Gasteiger partial charge in [-0.25, -0.2) is 9.98 Å². The molecule has 1 aromatic rings. The van der Waals surface area contributed by atoms with E-state index in [1.54, 1.807) is 11.3 Å². The van der Waals surface area contributed by atoms with Crippen LogP contribution in [-0.4, -0.2) is 48.6 Å². The molecule has 0 bridgehead atoms. The number of esters is 1. The first-order valence-electron chi connectivity index (χ1n) is 8.99. The molecule has 2 unspecified atom stereocenters. The standard InChI is InChI=1S/C18H30N4O2S.HI/c1-6-19-18(22-10-13(4)15(11-22)17(23)24-5)21-9-14-8-20-16(25-14)7-12(2)3;/h8,12-13,15H,6-7,9-11H2,1-5H3,(H,19,21);1H. The number of hydrogen-bond donors (Lipinski definition) is 1. The smallest absolute Gasteiger partial charge is 0.310 e. The second-order valence-electron chi connectivity index (χ2n) is 7.00. The van der Waals surface area contributed by atoms with Gasteiger partial charge in [-0.2, -0.15) is 0 Å². The van der Waals surface area contributed by atoms with Crippen molar-refractivity contribution in [2.45, 2.75) is 40.7 Å². The van der Waals surface area contributed by atoms with Gasteiger partial charge in [0, 0.05) is 37.1 Å². The van der Waals surface area contributed by atoms with Crippen LogP contribution >= 0.6 is 35.3 Å². The van der Waals surface area contributed by atoms with E-state index in [4.69, 9.17) is 9.73 Å². The van der Waals surface area contributed by atoms with Gasteiger partial charge in [0.25, 0.3) is 0 Å². The molecular formula is C18H31IN4O2S. The zero-order valence-corrected chi connectivity index (χ0v) is 19.5. The van der Waals surface area contributed by atoms with Crippen molar-refractivity contribution in [3.8, 4) is 0 Å². The van der Waals surface area contributed by atoms with Gasteiger partial charge in [-0.1, -0.05) is 20.8 Å². The summed E-state index contributed by atoms with van der Waals surface area (Å²) in [5.74, 6) is 1.51. The Balaban J connectivity index is 0.00000338. The lowest BCUT2D eigenvalue weighted by Gasteiger charge is -2.21. The van der Waals surface area contributed by atoms with Crippen molar-refractivity contribution >= 4 is 47.2 Å². The van der Waals surface area contributed by atoms with Crippen LogP contribution in [0.4, 0.5) is 0 Å². The number of hydrogen-bond acceptors (Lipinski definition) is 5. The van der Waals surface area contributed by atoms with Gasteiger partial charge in [0.1, 0.15) is 0 Å². The highest BCUT2D eigenvalue weighted by Gasteiger charge is 2.36. The molecule has 2 rings (SSSR count). The third-order valence-electron chi connectivity index (χ3n) is 4.32. The van der Waals surface area contributed by atoms with Gasteiger partial charge >= 0.3 is 5.97 Å². The van der Waals surface area contributed by atoms with E-state index in [0.29, 0.717) is 19.0 Å². The number of methoxy groups -OCH3 is 1. The van der Waals surface area contributed by atoms with Crippen LogP contribution in [0.15, 0.2) is 11.2 Å². The van der Waals surface area contributed by atoms with Crippen LogP contribution < -0.4 is 5.32 Å². The molecule has 0 aliphatic carbocycles. The molecule has 2 atom stereocenters. The molecule has 0 aromatic carbocycles. The van der Waals surface area contributed by atoms with Crippen molar-refractivity contribution in [3.05, 3.63) is 16.1 Å². The molecule has 0 amide bonds. The Bertz CT molecular complexity index is 606. The topological polar surface area (TPSA) is 66.8 Å². The number of carbonyl (C=O) groups excluding carboxylic acids is 1. The van der Waals surface area contributed by atoms with Crippen molar-refractivity contribution in [2.24, 2.45) is 22.7 Å². The Hall–Kier alpha value is -0.900. The molecule has 1 aliphatic rings. The Labute approximate surface area is 177 Å². The molecule has 8 heteroatoms. The summed E-state index contributed by atoms with van der Waals surface area (Å²) in [6.07, 6.45) is 2.94. The van der Waals surface area contributed by atoms with Crippen molar-refractivity contribution < 1.29 is 9.53 Å². The van der Waals surface area contributed by atoms with E-state index in [0.717, 1.165) is 25.5 Å². The van der Waals surface area contributed by atoms with E-state index in [-0.39, 0.29) is 41.8 Å². The van der Waals surface area contributed by atoms with Crippen molar-refractivity contribution in [1.29, 1.82) is 0 Å². The monoisotopic (exact) mass is 494 g/mol. The summed E-state index contributed by atoms with van der Waals surface area (Å²) in [5, 5.41) is 4.51. The number of rotatable bonds is 6. The minimum atomic E-state index is -0.133. The maximum Gasteiger partial charge on any atom is 0.310 e. The van der Waals surface area contributed by atoms with E-state index in [9.17, 15) is 4.79 Å². The summed E-state index contributed by atoms with van der Waals surface area (Å²) >= 11 is 1.73. The number of carbonyl (C=O) groups is 1. The fourth-order valence-corrected chi connectivity index (χ4v) is 4.10. The second kappa shape index (κ2) is 11.1. The first-order chi connectivity index (χ1) is 11.9. The quantitative estimate of drug-likeness (QED) is 0.285. The lowest BCUT2D eigenvalue weighted by atomic mass is 9.99. The summed E-state index contributed by atoms with van der Waals surface area (Å²) in [4.78, 5) is 24.5. The molecule has 0 spiro atoms. The van der Waals surface area contributed by atoms with E-state index in [2.05, 4.69) is 42.9 Å². The first kappa shape index (κ1) is 23.1. The maximum atomic E-state index is 11.9. The van der Waals surface area contributed by atoms with Gasteiger partial charge in [-0.15, -0.1) is 35.3 Å². The molecule has 1 fully saturated rings. The largest absolute Gasteiger partial charge is 0.469 e. The van der Waals surface area contributed by atoms with E-state index in [1.165, 1.54) is 17.0 Å². The summed E-state index contributed by atoms with van der Waals surface area (Å²) < 4.78 is 4.92. The summed E-state index contributed by atoms with van der Waals surface area (Å²) in [6, 6.07) is 0. The zero-order chi connectivity index (χ0) is 18.4. The third kappa shape index (κ3) is 6.37. The van der Waals surface area contributed by atoms with Crippen molar-refractivity contribution in [1.82, 2.24) is 15.2 Å². The molecule has 2 heterocycles. The lowest BCUT2D eigenvalue weighted by molar-refractivity contribution is -0.145. The molecule has 1 N–H and O–H groups in total. The summed E-state index contributed by atoms with van der Waals surface area (Å²) in [5.41, 5.74) is 0. The van der Waals surface area contributed by atoms with Gasteiger partial charge < -0.3 is 15.0 Å². The normalized spacial score (nSPS) is 20.2. The van der Waals surface area contributed by atoms with Crippen LogP contribution in [0, 0.1) is 17.8 Å². The Morgan fingerprint density at radius 3 is 2.85 bits per heavy atom. The zero-order valence-electron chi connectivity index (χ0n) is 16.3. The number of ether oxygens (including phenoxy) is 1. The van der Waals surface area contributed by atoms with Crippen LogP contribution in [0.2, 0.25) is 0 Å². The highest BCUT2D eigenvalue weighted by atomic mass is 127. The van der Waals surface area contributed by atoms with E-state index < -0.39 is 0 Å². The predicted molar refractivity (Wildman–Crippen MR) is 117 cm³/mol. The molecule has 0 radical (unpaired) electrons. The number of likely N-dealkylation sites (tertiary alicyclic amines) is 1. The highest BCUT2D eigenvalue weighted by Crippen LogP contribution is 2.24. The second-order valence-corrected chi connectivity index (χ2v) is 8.20. The average molecular weight is 494 g/mol. The number of nitrogens with one attached hydrogen (secondary N) is 1. The average Bonchev–Trinajstić information content (AvgIpc) is 3.16. The lowest BCUT2D eigenvalue weighted by Crippen LogP contribution is -2.40. The van der Waals surface area contributed by atoms with E-state index >= 15 is 0 Å². The van der Waals surface area contributed by atoms with Gasteiger partial charge in [-0.05, 0) is 18.8 Å². The molecule has 1 saturated heterocycles. The van der Waals surface area contributed by atoms with Gasteiger partial charge in [0.2, 0.25) is 0 Å². The molecule has 148 valence electrons.